The zero-order valence-corrected chi connectivity index (χ0v) is 11.8. The number of rotatable bonds is 2. The van der Waals surface area contributed by atoms with E-state index in [1.54, 1.807) is 13.0 Å². The van der Waals surface area contributed by atoms with Crippen LogP contribution in [0.2, 0.25) is 0 Å². The lowest BCUT2D eigenvalue weighted by Gasteiger charge is -2.08. The van der Waals surface area contributed by atoms with Crippen molar-refractivity contribution < 1.29 is 18.7 Å². The van der Waals surface area contributed by atoms with E-state index < -0.39 is 12.1 Å². The number of hydrogen-bond acceptors (Lipinski definition) is 4. The van der Waals surface area contributed by atoms with Crippen molar-refractivity contribution in [1.82, 2.24) is 9.78 Å². The second-order valence-electron chi connectivity index (χ2n) is 4.84. The van der Waals surface area contributed by atoms with Crippen molar-refractivity contribution in [2.24, 2.45) is 0 Å². The summed E-state index contributed by atoms with van der Waals surface area (Å²) in [6, 6.07) is 6.92. The van der Waals surface area contributed by atoms with Gasteiger partial charge in [-0.3, -0.25) is 0 Å². The van der Waals surface area contributed by atoms with Crippen molar-refractivity contribution in [2.45, 2.75) is 20.0 Å². The van der Waals surface area contributed by atoms with Gasteiger partial charge in [0.1, 0.15) is 18.0 Å². The van der Waals surface area contributed by atoms with E-state index in [1.807, 2.05) is 19.1 Å². The van der Waals surface area contributed by atoms with Gasteiger partial charge in [0.2, 0.25) is 0 Å². The number of benzene rings is 1. The van der Waals surface area contributed by atoms with Crippen molar-refractivity contribution in [3.8, 4) is 11.4 Å². The molecule has 0 aliphatic carbocycles. The number of ether oxygens (including phenoxy) is 2. The fourth-order valence-electron chi connectivity index (χ4n) is 2.28. The van der Waals surface area contributed by atoms with E-state index in [0.29, 0.717) is 17.1 Å². The summed E-state index contributed by atoms with van der Waals surface area (Å²) < 4.78 is 26.0. The van der Waals surface area contributed by atoms with E-state index in [0.717, 1.165) is 5.56 Å². The number of carbonyl (C=O) groups excluding carboxylic acids is 1. The van der Waals surface area contributed by atoms with Crippen LogP contribution in [-0.4, -0.2) is 29.0 Å². The SMILES string of the molecule is CCOC(=O)c1cc2n(n1)-c1cc(C)ccc1OCC2F. The summed E-state index contributed by atoms with van der Waals surface area (Å²) in [7, 11) is 0. The van der Waals surface area contributed by atoms with Gasteiger partial charge in [-0.15, -0.1) is 0 Å². The Morgan fingerprint density at radius 3 is 3.10 bits per heavy atom. The monoisotopic (exact) mass is 290 g/mol. The smallest absolute Gasteiger partial charge is 0.358 e. The van der Waals surface area contributed by atoms with Crippen LogP contribution in [0.25, 0.3) is 5.69 Å². The van der Waals surface area contributed by atoms with Crippen molar-refractivity contribution in [1.29, 1.82) is 0 Å². The first-order valence-electron chi connectivity index (χ1n) is 6.75. The zero-order chi connectivity index (χ0) is 15.0. The molecule has 2 aromatic rings. The molecule has 0 bridgehead atoms. The van der Waals surface area contributed by atoms with Gasteiger partial charge in [-0.05, 0) is 37.6 Å². The highest BCUT2D eigenvalue weighted by atomic mass is 19.1. The molecule has 1 aliphatic rings. The van der Waals surface area contributed by atoms with Crippen LogP contribution >= 0.6 is 0 Å². The number of carbonyl (C=O) groups is 1. The molecule has 3 rings (SSSR count). The Hall–Kier alpha value is -2.37. The molecule has 1 aromatic carbocycles. The van der Waals surface area contributed by atoms with Crippen molar-refractivity contribution in [2.75, 3.05) is 13.2 Å². The summed E-state index contributed by atoms with van der Waals surface area (Å²) in [6.07, 6.45) is -1.35. The minimum Gasteiger partial charge on any atom is -0.488 e. The first kappa shape index (κ1) is 13.6. The summed E-state index contributed by atoms with van der Waals surface area (Å²) in [5.41, 5.74) is 2.01. The molecule has 0 saturated carbocycles. The molecule has 1 aromatic heterocycles. The molecule has 2 heterocycles. The summed E-state index contributed by atoms with van der Waals surface area (Å²) in [5, 5.41) is 4.18. The number of halogens is 1. The quantitative estimate of drug-likeness (QED) is 0.798. The third-order valence-corrected chi connectivity index (χ3v) is 3.27. The lowest BCUT2D eigenvalue weighted by atomic mass is 10.2. The Morgan fingerprint density at radius 1 is 1.52 bits per heavy atom. The maximum absolute atomic E-state index is 14.2. The number of fused-ring (bicyclic) bond motifs is 3. The maximum Gasteiger partial charge on any atom is 0.358 e. The van der Waals surface area contributed by atoms with Crippen molar-refractivity contribution in [3.63, 3.8) is 0 Å². The average Bonchev–Trinajstić information content (AvgIpc) is 2.86. The van der Waals surface area contributed by atoms with Gasteiger partial charge in [-0.1, -0.05) is 6.07 Å². The summed E-state index contributed by atoms with van der Waals surface area (Å²) in [6.45, 7) is 3.78. The fraction of sp³-hybridized carbons (Fsp3) is 0.333. The van der Waals surface area contributed by atoms with Crippen LogP contribution in [0, 0.1) is 6.92 Å². The summed E-state index contributed by atoms with van der Waals surface area (Å²) >= 11 is 0. The molecule has 110 valence electrons. The van der Waals surface area contributed by atoms with Crippen LogP contribution in [0.5, 0.6) is 5.75 Å². The highest BCUT2D eigenvalue weighted by Gasteiger charge is 2.27. The third-order valence-electron chi connectivity index (χ3n) is 3.27. The molecule has 1 atom stereocenters. The molecule has 6 heteroatoms. The molecule has 1 unspecified atom stereocenters. The molecule has 5 nitrogen and oxygen atoms in total. The zero-order valence-electron chi connectivity index (χ0n) is 11.8. The molecule has 0 N–H and O–H groups in total. The lowest BCUT2D eigenvalue weighted by Crippen LogP contribution is -2.07. The summed E-state index contributed by atoms with van der Waals surface area (Å²) in [4.78, 5) is 11.8. The Bertz CT molecular complexity index is 696. The Morgan fingerprint density at radius 2 is 2.33 bits per heavy atom. The third kappa shape index (κ3) is 2.37. The number of alkyl halides is 1. The van der Waals surface area contributed by atoms with Crippen molar-refractivity contribution in [3.05, 3.63) is 41.2 Å². The fourth-order valence-corrected chi connectivity index (χ4v) is 2.28. The predicted octanol–water partition coefficient (Wildman–Crippen LogP) is 2.76. The molecule has 0 spiro atoms. The topological polar surface area (TPSA) is 53.4 Å². The predicted molar refractivity (Wildman–Crippen MR) is 73.6 cm³/mol. The Balaban J connectivity index is 2.14. The van der Waals surface area contributed by atoms with Gasteiger partial charge in [0.05, 0.1) is 12.3 Å². The van der Waals surface area contributed by atoms with E-state index in [1.165, 1.54) is 10.7 Å². The summed E-state index contributed by atoms with van der Waals surface area (Å²) in [5.74, 6) is -0.0131. The Labute approximate surface area is 121 Å². The van der Waals surface area contributed by atoms with Crippen LogP contribution in [0.15, 0.2) is 24.3 Å². The molecule has 0 radical (unpaired) electrons. The molecule has 0 saturated heterocycles. The number of hydrogen-bond donors (Lipinski definition) is 0. The largest absolute Gasteiger partial charge is 0.488 e. The van der Waals surface area contributed by atoms with Gasteiger partial charge in [0.25, 0.3) is 0 Å². The van der Waals surface area contributed by atoms with Gasteiger partial charge < -0.3 is 9.47 Å². The minimum atomic E-state index is -1.35. The van der Waals surface area contributed by atoms with E-state index in [-0.39, 0.29) is 18.9 Å². The van der Waals surface area contributed by atoms with Crippen LogP contribution in [-0.2, 0) is 4.74 Å². The lowest BCUT2D eigenvalue weighted by molar-refractivity contribution is 0.0519. The van der Waals surface area contributed by atoms with Gasteiger partial charge in [0, 0.05) is 0 Å². The molecule has 1 aliphatic heterocycles. The molecule has 0 amide bonds. The standard InChI is InChI=1S/C15H15FN2O3/c1-3-20-15(19)11-7-12-10(16)8-21-14-5-4-9(2)6-13(14)18(12)17-11/h4-7,10H,3,8H2,1-2H3. The number of aromatic nitrogens is 2. The Kier molecular flexibility index (Phi) is 3.37. The number of esters is 1. The second kappa shape index (κ2) is 5.20. The highest BCUT2D eigenvalue weighted by Crippen LogP contribution is 2.33. The van der Waals surface area contributed by atoms with E-state index in [2.05, 4.69) is 5.10 Å². The average molecular weight is 290 g/mol. The van der Waals surface area contributed by atoms with Crippen LogP contribution in [0.3, 0.4) is 0 Å². The van der Waals surface area contributed by atoms with Gasteiger partial charge >= 0.3 is 5.97 Å². The first-order valence-corrected chi connectivity index (χ1v) is 6.75. The normalized spacial score (nSPS) is 16.4. The number of aryl methyl sites for hydroxylation is 1. The molecule has 0 fully saturated rings. The number of nitrogens with zero attached hydrogens (tertiary/aromatic N) is 2. The van der Waals surface area contributed by atoms with E-state index in [9.17, 15) is 9.18 Å². The molecular weight excluding hydrogens is 275 g/mol. The minimum absolute atomic E-state index is 0.101. The van der Waals surface area contributed by atoms with Crippen molar-refractivity contribution >= 4 is 5.97 Å². The van der Waals surface area contributed by atoms with Gasteiger partial charge in [-0.25, -0.2) is 13.9 Å². The maximum atomic E-state index is 14.2. The molecule has 21 heavy (non-hydrogen) atoms. The van der Waals surface area contributed by atoms with E-state index >= 15 is 0 Å². The van der Waals surface area contributed by atoms with E-state index in [4.69, 9.17) is 9.47 Å². The van der Waals surface area contributed by atoms with Crippen LogP contribution in [0.4, 0.5) is 4.39 Å². The van der Waals surface area contributed by atoms with Crippen LogP contribution in [0.1, 0.15) is 34.8 Å². The molecular formula is C15H15FN2O3. The van der Waals surface area contributed by atoms with Gasteiger partial charge in [-0.2, -0.15) is 5.10 Å². The second-order valence-corrected chi connectivity index (χ2v) is 4.84. The highest BCUT2D eigenvalue weighted by molar-refractivity contribution is 5.87. The van der Waals surface area contributed by atoms with Crippen LogP contribution < -0.4 is 4.74 Å². The first-order chi connectivity index (χ1) is 10.1. The van der Waals surface area contributed by atoms with Gasteiger partial charge in [0.15, 0.2) is 11.9 Å².